The largest absolute Gasteiger partial charge is 0.616 e. The molecule has 1 unspecified atom stereocenters. The number of aromatic amines is 2. The molecule has 0 saturated heterocycles. The van der Waals surface area contributed by atoms with Gasteiger partial charge >= 0.3 is 0 Å². The van der Waals surface area contributed by atoms with E-state index < -0.39 is 11.2 Å². The van der Waals surface area contributed by atoms with Gasteiger partial charge in [-0.1, -0.05) is 0 Å². The van der Waals surface area contributed by atoms with Gasteiger partial charge in [0.1, 0.15) is 26.4 Å². The molecule has 4 N–H and O–H groups in total. The number of rotatable bonds is 10. The van der Waals surface area contributed by atoms with Crippen LogP contribution < -0.4 is 10.6 Å². The Labute approximate surface area is 181 Å². The second-order valence-corrected chi connectivity index (χ2v) is 9.33. The first kappa shape index (κ1) is 22.1. The second kappa shape index (κ2) is 12.3. The molecule has 9 nitrogen and oxygen atoms in total. The first-order valence-electron chi connectivity index (χ1n) is 7.81. The van der Waals surface area contributed by atoms with Crippen LogP contribution in [-0.4, -0.2) is 55.0 Å². The molecule has 0 spiro atoms. The minimum atomic E-state index is -1.08. The minimum absolute atomic E-state index is 0.346. The van der Waals surface area contributed by atoms with Crippen LogP contribution in [0.3, 0.4) is 0 Å². The molecule has 27 heavy (non-hydrogen) atoms. The van der Waals surface area contributed by atoms with E-state index in [9.17, 15) is 4.55 Å². The number of hydrogen-bond donors (Lipinski definition) is 4. The Morgan fingerprint density at radius 1 is 1.30 bits per heavy atom. The summed E-state index contributed by atoms with van der Waals surface area (Å²) in [7, 11) is 0. The van der Waals surface area contributed by atoms with Crippen LogP contribution in [0.25, 0.3) is 0 Å². The van der Waals surface area contributed by atoms with Crippen LogP contribution in [0, 0.1) is 11.5 Å². The van der Waals surface area contributed by atoms with E-state index in [4.69, 9.17) is 5.26 Å². The van der Waals surface area contributed by atoms with E-state index in [2.05, 4.69) is 67.4 Å². The van der Waals surface area contributed by atoms with Crippen molar-refractivity contribution in [3.63, 3.8) is 0 Å². The molecular formula is C14H18Br2N8OS2. The van der Waals surface area contributed by atoms with Crippen molar-refractivity contribution in [1.82, 2.24) is 30.6 Å². The summed E-state index contributed by atoms with van der Waals surface area (Å²) in [6, 6.07) is 0. The van der Waals surface area contributed by atoms with Gasteiger partial charge in [0.05, 0.1) is 24.9 Å². The van der Waals surface area contributed by atoms with E-state index in [-0.39, 0.29) is 0 Å². The number of halogens is 2. The highest BCUT2D eigenvalue weighted by Crippen LogP contribution is 2.17. The van der Waals surface area contributed by atoms with Gasteiger partial charge in [0.2, 0.25) is 5.96 Å². The van der Waals surface area contributed by atoms with E-state index in [1.54, 1.807) is 24.4 Å². The Kier molecular flexibility index (Phi) is 10.1. The molecule has 1 atom stereocenters. The average Bonchev–Trinajstić information content (AvgIpc) is 3.23. The Balaban J connectivity index is 1.66. The summed E-state index contributed by atoms with van der Waals surface area (Å²) >= 11 is 7.34. The molecule has 0 radical (unpaired) electrons. The number of aliphatic imine (C=N–C) groups is 1. The normalized spacial score (nSPS) is 12.6. The zero-order valence-electron chi connectivity index (χ0n) is 14.2. The van der Waals surface area contributed by atoms with Gasteiger partial charge in [0, 0.05) is 18.1 Å². The summed E-state index contributed by atoms with van der Waals surface area (Å²) in [5.41, 5.74) is 1.70. The van der Waals surface area contributed by atoms with Crippen LogP contribution >= 0.6 is 43.6 Å². The highest BCUT2D eigenvalue weighted by atomic mass is 79.9. The molecule has 2 heterocycles. The number of nitriles is 1. The quantitative estimate of drug-likeness (QED) is 0.0904. The van der Waals surface area contributed by atoms with Gasteiger partial charge in [0.25, 0.3) is 0 Å². The lowest BCUT2D eigenvalue weighted by Crippen LogP contribution is -2.36. The van der Waals surface area contributed by atoms with Crippen LogP contribution in [0.5, 0.6) is 0 Å². The minimum Gasteiger partial charge on any atom is -0.616 e. The predicted molar refractivity (Wildman–Crippen MR) is 115 cm³/mol. The van der Waals surface area contributed by atoms with Gasteiger partial charge in [0.15, 0.2) is 6.19 Å². The maximum Gasteiger partial charge on any atom is 0.204 e. The molecule has 0 saturated carbocycles. The number of guanidine groups is 1. The molecule has 2 rings (SSSR count). The average molecular weight is 538 g/mol. The van der Waals surface area contributed by atoms with Crippen molar-refractivity contribution in [2.24, 2.45) is 4.99 Å². The molecule has 0 aliphatic heterocycles. The summed E-state index contributed by atoms with van der Waals surface area (Å²) in [5, 5.41) is 14.4. The topological polar surface area (TPSA) is 141 Å². The molecule has 0 aliphatic rings. The molecule has 146 valence electrons. The Morgan fingerprint density at radius 3 is 2.63 bits per heavy atom. The molecule has 0 fully saturated rings. The van der Waals surface area contributed by atoms with Gasteiger partial charge in [-0.3, -0.25) is 5.32 Å². The molecule has 0 aromatic carbocycles. The van der Waals surface area contributed by atoms with E-state index in [0.29, 0.717) is 30.6 Å². The van der Waals surface area contributed by atoms with Crippen molar-refractivity contribution in [2.45, 2.75) is 11.5 Å². The molecule has 13 heteroatoms. The van der Waals surface area contributed by atoms with Crippen LogP contribution in [-0.2, 0) is 22.7 Å². The fourth-order valence-electron chi connectivity index (χ4n) is 1.90. The van der Waals surface area contributed by atoms with E-state index in [1.807, 2.05) is 6.19 Å². The Hall–Kier alpha value is -1.20. The highest BCUT2D eigenvalue weighted by molar-refractivity contribution is 9.10. The highest BCUT2D eigenvalue weighted by Gasteiger charge is 2.12. The lowest BCUT2D eigenvalue weighted by Gasteiger charge is -2.10. The first-order valence-corrected chi connectivity index (χ1v) is 12.0. The molecule has 0 aliphatic carbocycles. The third-order valence-electron chi connectivity index (χ3n) is 3.17. The summed E-state index contributed by atoms with van der Waals surface area (Å²) < 4.78 is 13.7. The monoisotopic (exact) mass is 536 g/mol. The van der Waals surface area contributed by atoms with Crippen molar-refractivity contribution in [2.75, 3.05) is 24.6 Å². The van der Waals surface area contributed by atoms with Gasteiger partial charge in [-0.2, -0.15) is 17.0 Å². The Bertz CT molecular complexity index is 775. The summed E-state index contributed by atoms with van der Waals surface area (Å²) in [6.07, 6.45) is 5.05. The summed E-state index contributed by atoms with van der Waals surface area (Å²) in [4.78, 5) is 18.4. The van der Waals surface area contributed by atoms with E-state index >= 15 is 0 Å². The fourth-order valence-corrected chi connectivity index (χ4v) is 4.73. The SMILES string of the molecule is N#CN/C(=N\CC[S+]([O-])Cc1nc[nH]c1Br)NCCSCc1nc[nH]c1Br. The van der Waals surface area contributed by atoms with Crippen LogP contribution in [0.4, 0.5) is 0 Å². The smallest absolute Gasteiger partial charge is 0.204 e. The van der Waals surface area contributed by atoms with Crippen LogP contribution in [0.1, 0.15) is 11.4 Å². The van der Waals surface area contributed by atoms with Crippen LogP contribution in [0.15, 0.2) is 26.9 Å². The number of H-pyrrole nitrogens is 2. The summed E-state index contributed by atoms with van der Waals surface area (Å²) in [6.45, 7) is 0.989. The van der Waals surface area contributed by atoms with Gasteiger partial charge in [-0.25, -0.2) is 15.0 Å². The zero-order valence-corrected chi connectivity index (χ0v) is 19.0. The summed E-state index contributed by atoms with van der Waals surface area (Å²) in [5.74, 6) is 2.74. The molecule has 2 aromatic heterocycles. The number of hydrogen-bond acceptors (Lipinski definition) is 6. The van der Waals surface area contributed by atoms with Crippen LogP contribution in [0.2, 0.25) is 0 Å². The first-order chi connectivity index (χ1) is 13.1. The molecule has 0 bridgehead atoms. The third-order valence-corrected chi connectivity index (χ3v) is 6.75. The third kappa shape index (κ3) is 8.14. The van der Waals surface area contributed by atoms with E-state index in [0.717, 1.165) is 32.1 Å². The number of aromatic nitrogens is 4. The molecule has 0 amide bonds. The standard InChI is InChI=1S/C14H18Br2N8OS2/c15-12-10(21-8-23-12)5-26-3-1-18-14(20-7-17)19-2-4-27(25)6-11-13(16)24-9-22-11/h8-9H,1-6H2,(H,21,23)(H,22,24)(H2,18,19,20). The second-order valence-electron chi connectivity index (χ2n) is 5.06. The van der Waals surface area contributed by atoms with E-state index in [1.165, 1.54) is 0 Å². The number of nitrogens with one attached hydrogen (secondary N) is 4. The number of thioether (sulfide) groups is 1. The van der Waals surface area contributed by atoms with Crippen molar-refractivity contribution in [3.8, 4) is 6.19 Å². The molecular weight excluding hydrogens is 520 g/mol. The van der Waals surface area contributed by atoms with Crippen molar-refractivity contribution in [1.29, 1.82) is 5.26 Å². The molecule has 2 aromatic rings. The predicted octanol–water partition coefficient (Wildman–Crippen LogP) is 1.86. The maximum atomic E-state index is 12.1. The van der Waals surface area contributed by atoms with Crippen molar-refractivity contribution >= 4 is 60.8 Å². The zero-order chi connectivity index (χ0) is 19.5. The lowest BCUT2D eigenvalue weighted by molar-refractivity contribution is 0.593. The van der Waals surface area contributed by atoms with Gasteiger partial charge in [-0.05, 0) is 43.0 Å². The van der Waals surface area contributed by atoms with Crippen molar-refractivity contribution in [3.05, 3.63) is 33.2 Å². The number of nitrogens with zero attached hydrogens (tertiary/aromatic N) is 4. The van der Waals surface area contributed by atoms with Gasteiger partial charge < -0.3 is 19.8 Å². The fraction of sp³-hybridized carbons (Fsp3) is 0.429. The lowest BCUT2D eigenvalue weighted by atomic mass is 10.6. The number of imidazole rings is 2. The Morgan fingerprint density at radius 2 is 2.00 bits per heavy atom. The maximum absolute atomic E-state index is 12.1. The van der Waals surface area contributed by atoms with Gasteiger partial charge in [-0.15, -0.1) is 0 Å². The van der Waals surface area contributed by atoms with Crippen molar-refractivity contribution < 1.29 is 4.55 Å².